The summed E-state index contributed by atoms with van der Waals surface area (Å²) in [6.07, 6.45) is 2.57. The largest absolute Gasteiger partial charge is 0.480 e. The van der Waals surface area contributed by atoms with Crippen LogP contribution in [-0.4, -0.2) is 83.3 Å². The Morgan fingerprint density at radius 1 is 1.24 bits per heavy atom. The summed E-state index contributed by atoms with van der Waals surface area (Å²) in [6.45, 7) is 4.81. The highest BCUT2D eigenvalue weighted by Gasteiger charge is 2.39. The highest BCUT2D eigenvalue weighted by Crippen LogP contribution is 2.25. The molecule has 0 unspecified atom stereocenters. The van der Waals surface area contributed by atoms with Gasteiger partial charge in [-0.25, -0.2) is 4.79 Å². The number of amides is 2. The summed E-state index contributed by atoms with van der Waals surface area (Å²) in [6, 6.07) is 5.63. The summed E-state index contributed by atoms with van der Waals surface area (Å²) < 4.78 is 0. The number of nitrogens with zero attached hydrogens (tertiary/aromatic N) is 1. The maximum absolute atomic E-state index is 13.8. The van der Waals surface area contributed by atoms with Crippen LogP contribution in [0.2, 0.25) is 0 Å². The lowest BCUT2D eigenvalue weighted by Gasteiger charge is -2.39. The molecule has 34 heavy (non-hydrogen) atoms. The molecule has 8 nitrogen and oxygen atoms in total. The Morgan fingerprint density at radius 2 is 1.91 bits per heavy atom. The summed E-state index contributed by atoms with van der Waals surface area (Å²) >= 11 is 5.87. The zero-order valence-electron chi connectivity index (χ0n) is 20.4. The number of thioether (sulfide) groups is 1. The Bertz CT molecular complexity index is 835. The number of carbonyl (C=O) groups excluding carboxylic acids is 2. The summed E-state index contributed by atoms with van der Waals surface area (Å²) in [7, 11) is 1.85. The molecular formula is C24H38N4O4S2. The molecule has 1 aromatic carbocycles. The second kappa shape index (κ2) is 14.0. The molecule has 4 atom stereocenters. The van der Waals surface area contributed by atoms with Crippen LogP contribution in [0.1, 0.15) is 31.4 Å². The monoisotopic (exact) mass is 510 g/mol. The molecule has 1 heterocycles. The van der Waals surface area contributed by atoms with Crippen molar-refractivity contribution in [1.82, 2.24) is 20.9 Å². The molecule has 2 rings (SSSR count). The van der Waals surface area contributed by atoms with E-state index in [-0.39, 0.29) is 17.9 Å². The number of thiol groups is 1. The third-order valence-electron chi connectivity index (χ3n) is 6.21. The Balaban J connectivity index is 2.30. The van der Waals surface area contributed by atoms with Crippen molar-refractivity contribution >= 4 is 42.2 Å². The first-order chi connectivity index (χ1) is 16.2. The molecule has 0 bridgehead atoms. The van der Waals surface area contributed by atoms with Crippen molar-refractivity contribution in [3.8, 4) is 0 Å². The molecule has 0 saturated heterocycles. The Kier molecular flexibility index (Phi) is 11.7. The molecular weight excluding hydrogens is 472 g/mol. The molecule has 0 radical (unpaired) electrons. The number of fused-ring (bicyclic) bond motifs is 1. The molecule has 1 aliphatic heterocycles. The zero-order chi connectivity index (χ0) is 25.3. The summed E-state index contributed by atoms with van der Waals surface area (Å²) in [5, 5.41) is 18.8. The summed E-state index contributed by atoms with van der Waals surface area (Å²) in [5.74, 6) is -0.416. The van der Waals surface area contributed by atoms with Gasteiger partial charge in [-0.15, -0.1) is 0 Å². The lowest BCUT2D eigenvalue weighted by molar-refractivity contribution is -0.146. The first-order valence-electron chi connectivity index (χ1n) is 11.6. The van der Waals surface area contributed by atoms with E-state index in [1.165, 1.54) is 11.8 Å². The second-order valence-corrected chi connectivity index (χ2v) is 10.3. The molecule has 0 fully saturated rings. The van der Waals surface area contributed by atoms with Crippen molar-refractivity contribution in [2.24, 2.45) is 5.92 Å². The van der Waals surface area contributed by atoms with Crippen LogP contribution in [0.5, 0.6) is 0 Å². The van der Waals surface area contributed by atoms with E-state index in [2.05, 4.69) is 28.6 Å². The lowest BCUT2D eigenvalue weighted by Crippen LogP contribution is -2.60. The van der Waals surface area contributed by atoms with Gasteiger partial charge in [0.15, 0.2) is 0 Å². The predicted molar refractivity (Wildman–Crippen MR) is 140 cm³/mol. The van der Waals surface area contributed by atoms with Gasteiger partial charge in [-0.2, -0.15) is 24.4 Å². The number of carboxylic acid groups (broad SMARTS) is 1. The van der Waals surface area contributed by atoms with E-state index in [1.807, 2.05) is 51.4 Å². The van der Waals surface area contributed by atoms with E-state index in [4.69, 9.17) is 0 Å². The smallest absolute Gasteiger partial charge is 0.326 e. The Hall–Kier alpha value is -1.75. The zero-order valence-corrected chi connectivity index (χ0v) is 22.1. The second-order valence-electron chi connectivity index (χ2n) is 8.93. The average molecular weight is 511 g/mol. The van der Waals surface area contributed by atoms with Crippen LogP contribution in [-0.2, 0) is 27.3 Å². The van der Waals surface area contributed by atoms with Crippen LogP contribution < -0.4 is 16.0 Å². The first-order valence-corrected chi connectivity index (χ1v) is 13.7. The number of likely N-dealkylation sites (N-methyl/N-ethyl adjacent to an activating group) is 1. The van der Waals surface area contributed by atoms with E-state index in [1.54, 1.807) is 4.90 Å². The van der Waals surface area contributed by atoms with Gasteiger partial charge in [-0.1, -0.05) is 38.1 Å². The van der Waals surface area contributed by atoms with E-state index in [0.717, 1.165) is 11.1 Å². The maximum atomic E-state index is 13.8. The van der Waals surface area contributed by atoms with Crippen LogP contribution in [0.25, 0.3) is 0 Å². The van der Waals surface area contributed by atoms with Crippen LogP contribution >= 0.6 is 24.4 Å². The number of rotatable bonds is 13. The molecule has 0 spiro atoms. The van der Waals surface area contributed by atoms with Crippen molar-refractivity contribution in [3.63, 3.8) is 0 Å². The van der Waals surface area contributed by atoms with Crippen LogP contribution in [0, 0.1) is 5.92 Å². The van der Waals surface area contributed by atoms with Gasteiger partial charge in [0.2, 0.25) is 11.8 Å². The van der Waals surface area contributed by atoms with Crippen molar-refractivity contribution in [3.05, 3.63) is 35.4 Å². The van der Waals surface area contributed by atoms with Crippen molar-refractivity contribution < 1.29 is 19.5 Å². The van der Waals surface area contributed by atoms with E-state index in [9.17, 15) is 19.5 Å². The fraction of sp³-hybridized carbons (Fsp3) is 0.625. The van der Waals surface area contributed by atoms with E-state index >= 15 is 0 Å². The Labute approximate surface area is 212 Å². The average Bonchev–Trinajstić information content (AvgIpc) is 2.82. The molecule has 0 aliphatic carbocycles. The van der Waals surface area contributed by atoms with Gasteiger partial charge in [0.05, 0.1) is 6.04 Å². The number of benzene rings is 1. The SMILES string of the molecule is CN[C@@H](CS)CN[C@H](C(=O)N1Cc2ccccc2C[C@H]1C(=O)N[C@@H](CCSC)C(=O)O)C(C)C. The highest BCUT2D eigenvalue weighted by atomic mass is 32.2. The minimum absolute atomic E-state index is 0.000785. The fourth-order valence-electron chi connectivity index (χ4n) is 4.06. The number of carboxylic acids is 1. The molecule has 0 aromatic heterocycles. The topological polar surface area (TPSA) is 111 Å². The fourth-order valence-corrected chi connectivity index (χ4v) is 4.85. The number of carbonyl (C=O) groups is 3. The van der Waals surface area contributed by atoms with Gasteiger partial charge in [0.1, 0.15) is 12.1 Å². The number of hydrogen-bond acceptors (Lipinski definition) is 7. The molecule has 1 aliphatic rings. The third kappa shape index (κ3) is 7.63. The number of hydrogen-bond donors (Lipinski definition) is 5. The van der Waals surface area contributed by atoms with Gasteiger partial charge in [-0.05, 0) is 42.5 Å². The number of nitrogens with one attached hydrogen (secondary N) is 3. The summed E-state index contributed by atoms with van der Waals surface area (Å²) in [5.41, 5.74) is 2.00. The van der Waals surface area contributed by atoms with Crippen molar-refractivity contribution in [2.75, 3.05) is 31.4 Å². The van der Waals surface area contributed by atoms with Gasteiger partial charge in [0, 0.05) is 31.3 Å². The molecule has 4 N–H and O–H groups in total. The van der Waals surface area contributed by atoms with E-state index < -0.39 is 30.0 Å². The maximum Gasteiger partial charge on any atom is 0.326 e. The number of aliphatic carboxylic acids is 1. The van der Waals surface area contributed by atoms with Gasteiger partial charge in [0.25, 0.3) is 0 Å². The normalized spacial score (nSPS) is 18.2. The molecule has 10 heteroatoms. The van der Waals surface area contributed by atoms with Crippen LogP contribution in [0.4, 0.5) is 0 Å². The van der Waals surface area contributed by atoms with Gasteiger partial charge >= 0.3 is 5.97 Å². The minimum atomic E-state index is -1.07. The van der Waals surface area contributed by atoms with E-state index in [0.29, 0.717) is 37.4 Å². The standard InChI is InChI=1S/C24H38N4O4S2/c1-15(2)21(26-12-18(14-33)25-3)23(30)28-13-17-8-6-5-7-16(17)11-20(28)22(29)27-19(24(31)32)9-10-34-4/h5-8,15,18-21,25-26,33H,9-14H2,1-4H3,(H,27,29)(H,31,32)/t18-,19+,20+,21+/m1/s1. The molecule has 1 aromatic rings. The lowest BCUT2D eigenvalue weighted by atomic mass is 9.91. The third-order valence-corrected chi connectivity index (χ3v) is 7.29. The quantitative estimate of drug-likeness (QED) is 0.255. The van der Waals surface area contributed by atoms with Gasteiger partial charge in [-0.3, -0.25) is 9.59 Å². The highest BCUT2D eigenvalue weighted by molar-refractivity contribution is 7.98. The minimum Gasteiger partial charge on any atom is -0.480 e. The summed E-state index contributed by atoms with van der Waals surface area (Å²) in [4.78, 5) is 40.4. The van der Waals surface area contributed by atoms with Crippen molar-refractivity contribution in [1.29, 1.82) is 0 Å². The molecule has 2 amide bonds. The molecule has 0 saturated carbocycles. The Morgan fingerprint density at radius 3 is 2.47 bits per heavy atom. The van der Waals surface area contributed by atoms with Crippen LogP contribution in [0.3, 0.4) is 0 Å². The molecule has 190 valence electrons. The predicted octanol–water partition coefficient (Wildman–Crippen LogP) is 1.39. The van der Waals surface area contributed by atoms with Crippen molar-refractivity contribution in [2.45, 2.75) is 57.4 Å². The first kappa shape index (κ1) is 28.5. The van der Waals surface area contributed by atoms with Crippen LogP contribution in [0.15, 0.2) is 24.3 Å². The van der Waals surface area contributed by atoms with Gasteiger partial charge < -0.3 is 26.0 Å².